The molecule has 1 N–H and O–H groups in total. The smallest absolute Gasteiger partial charge is 0.410 e. The molecule has 0 aliphatic carbocycles. The number of Topliss-reactive ketones (excluding diaryl/α,β-unsaturated/α-hetero) is 1. The van der Waals surface area contributed by atoms with E-state index in [1.807, 2.05) is 0 Å². The van der Waals surface area contributed by atoms with E-state index in [0.717, 1.165) is 18.2 Å². The van der Waals surface area contributed by atoms with Gasteiger partial charge in [0.05, 0.1) is 0 Å². The first-order chi connectivity index (χ1) is 12.6. The number of nitrogens with one attached hydrogen (secondary N) is 1. The highest BCUT2D eigenvalue weighted by Crippen LogP contribution is 2.39. The molecule has 1 aliphatic heterocycles. The van der Waals surface area contributed by atoms with Crippen LogP contribution in [0.15, 0.2) is 30.3 Å². The number of rotatable bonds is 4. The first-order valence-electron chi connectivity index (χ1n) is 8.04. The van der Waals surface area contributed by atoms with Gasteiger partial charge in [0, 0.05) is 17.7 Å². The van der Waals surface area contributed by atoms with E-state index in [2.05, 4.69) is 10.4 Å². The molecule has 0 unspecified atom stereocenters. The summed E-state index contributed by atoms with van der Waals surface area (Å²) in [5, 5.41) is 6.52. The topological polar surface area (TPSA) is 73.2 Å². The maximum absolute atomic E-state index is 13.2. The quantitative estimate of drug-likeness (QED) is 0.496. The first kappa shape index (κ1) is 18.9. The molecule has 1 aliphatic rings. The van der Waals surface area contributed by atoms with Crippen LogP contribution >= 0.6 is 0 Å². The van der Waals surface area contributed by atoms with Crippen LogP contribution < -0.4 is 5.32 Å². The number of esters is 1. The van der Waals surface area contributed by atoms with Crippen molar-refractivity contribution in [3.05, 3.63) is 47.4 Å². The summed E-state index contributed by atoms with van der Waals surface area (Å²) in [5.41, 5.74) is -0.200. The predicted octanol–water partition coefficient (Wildman–Crippen LogP) is 3.37. The van der Waals surface area contributed by atoms with E-state index in [-0.39, 0.29) is 23.5 Å². The monoisotopic (exact) mass is 385 g/mol. The van der Waals surface area contributed by atoms with Crippen LogP contribution in [0.2, 0.25) is 0 Å². The van der Waals surface area contributed by atoms with E-state index in [4.69, 9.17) is 4.74 Å². The van der Waals surface area contributed by atoms with Crippen molar-refractivity contribution in [1.29, 1.82) is 0 Å². The minimum absolute atomic E-state index is 0.0490. The third-order valence-electron chi connectivity index (χ3n) is 4.09. The number of carbonyl (C=O) groups is 2. The Morgan fingerprint density at radius 3 is 2.59 bits per heavy atom. The molecule has 1 aromatic heterocycles. The number of nitrogens with zero attached hydrogens (tertiary/aromatic N) is 2. The normalized spacial score (nSPS) is 19.1. The van der Waals surface area contributed by atoms with Gasteiger partial charge < -0.3 is 10.1 Å². The van der Waals surface area contributed by atoms with E-state index < -0.39 is 42.4 Å². The lowest BCUT2D eigenvalue weighted by Gasteiger charge is -2.31. The number of halogens is 4. The Kier molecular flexibility index (Phi) is 4.90. The molecule has 0 saturated heterocycles. The molecule has 0 bridgehead atoms. The second-order valence-corrected chi connectivity index (χ2v) is 6.20. The summed E-state index contributed by atoms with van der Waals surface area (Å²) in [4.78, 5) is 24.0. The zero-order valence-electron chi connectivity index (χ0n) is 14.1. The lowest BCUT2D eigenvalue weighted by atomic mass is 10.1. The Morgan fingerprint density at radius 1 is 1.30 bits per heavy atom. The fourth-order valence-electron chi connectivity index (χ4n) is 2.78. The van der Waals surface area contributed by atoms with Crippen molar-refractivity contribution >= 4 is 17.6 Å². The molecule has 0 fully saturated rings. The standard InChI is InChI=1S/C17H15F4N3O3/c1-9-6-14(17(19,20)21)24-15(22-9)7-12(23-24)16(26)27-8-13(25)10-2-4-11(18)5-3-10/h2-5,7,9,14,22H,6,8H2,1H3/t9-,14-/m1/s1. The molecule has 0 amide bonds. The number of benzene rings is 1. The van der Waals surface area contributed by atoms with Gasteiger partial charge in [-0.25, -0.2) is 13.9 Å². The summed E-state index contributed by atoms with van der Waals surface area (Å²) in [6.07, 6.45) is -4.74. The van der Waals surface area contributed by atoms with E-state index in [1.54, 1.807) is 6.92 Å². The van der Waals surface area contributed by atoms with Crippen LogP contribution in [0.4, 0.5) is 23.4 Å². The molecule has 2 heterocycles. The molecule has 10 heteroatoms. The maximum Gasteiger partial charge on any atom is 0.410 e. The molecule has 2 aromatic rings. The number of fused-ring (bicyclic) bond motifs is 1. The summed E-state index contributed by atoms with van der Waals surface area (Å²) < 4.78 is 58.0. The Hall–Kier alpha value is -2.91. The largest absolute Gasteiger partial charge is 0.453 e. The van der Waals surface area contributed by atoms with Crippen molar-refractivity contribution < 1.29 is 31.9 Å². The number of ether oxygens (including phenoxy) is 1. The Bertz CT molecular complexity index is 861. The highest BCUT2D eigenvalue weighted by Gasteiger charge is 2.45. The number of anilines is 1. The van der Waals surface area contributed by atoms with E-state index in [9.17, 15) is 27.2 Å². The number of hydrogen-bond donors (Lipinski definition) is 1. The van der Waals surface area contributed by atoms with E-state index in [1.165, 1.54) is 12.1 Å². The highest BCUT2D eigenvalue weighted by molar-refractivity contribution is 5.99. The predicted molar refractivity (Wildman–Crippen MR) is 86.0 cm³/mol. The van der Waals surface area contributed by atoms with Crippen molar-refractivity contribution in [3.63, 3.8) is 0 Å². The van der Waals surface area contributed by atoms with Crippen molar-refractivity contribution in [2.75, 3.05) is 11.9 Å². The number of hydrogen-bond acceptors (Lipinski definition) is 5. The fourth-order valence-corrected chi connectivity index (χ4v) is 2.78. The Morgan fingerprint density at radius 2 is 1.96 bits per heavy atom. The Labute approximate surface area is 151 Å². The van der Waals surface area contributed by atoms with Crippen LogP contribution in [0.3, 0.4) is 0 Å². The first-order valence-corrected chi connectivity index (χ1v) is 8.04. The lowest BCUT2D eigenvalue weighted by molar-refractivity contribution is -0.173. The minimum Gasteiger partial charge on any atom is -0.453 e. The molecule has 0 saturated carbocycles. The fraction of sp³-hybridized carbons (Fsp3) is 0.353. The second kappa shape index (κ2) is 7.01. The Balaban J connectivity index is 1.71. The minimum atomic E-state index is -4.52. The number of carbonyl (C=O) groups excluding carboxylic acids is 2. The van der Waals surface area contributed by atoms with Gasteiger partial charge in [-0.2, -0.15) is 18.3 Å². The van der Waals surface area contributed by atoms with E-state index >= 15 is 0 Å². The molecule has 6 nitrogen and oxygen atoms in total. The second-order valence-electron chi connectivity index (χ2n) is 6.20. The van der Waals surface area contributed by atoms with Crippen LogP contribution in [0.1, 0.15) is 40.2 Å². The van der Waals surface area contributed by atoms with Gasteiger partial charge in [-0.05, 0) is 37.6 Å². The van der Waals surface area contributed by atoms with Crippen molar-refractivity contribution in [1.82, 2.24) is 9.78 Å². The van der Waals surface area contributed by atoms with Gasteiger partial charge in [-0.15, -0.1) is 0 Å². The van der Waals surface area contributed by atoms with Crippen LogP contribution in [0, 0.1) is 5.82 Å². The molecule has 144 valence electrons. The van der Waals surface area contributed by atoms with Gasteiger partial charge in [-0.1, -0.05) is 0 Å². The average Bonchev–Trinajstić information content (AvgIpc) is 3.02. The summed E-state index contributed by atoms with van der Waals surface area (Å²) >= 11 is 0. The van der Waals surface area contributed by atoms with Crippen molar-refractivity contribution in [3.8, 4) is 0 Å². The van der Waals surface area contributed by atoms with Crippen LogP contribution in [-0.4, -0.2) is 40.4 Å². The summed E-state index contributed by atoms with van der Waals surface area (Å²) in [7, 11) is 0. The van der Waals surface area contributed by atoms with Crippen LogP contribution in [-0.2, 0) is 4.74 Å². The van der Waals surface area contributed by atoms with E-state index in [0.29, 0.717) is 4.68 Å². The number of aromatic nitrogens is 2. The molecule has 2 atom stereocenters. The average molecular weight is 385 g/mol. The van der Waals surface area contributed by atoms with Gasteiger partial charge >= 0.3 is 12.1 Å². The van der Waals surface area contributed by atoms with Crippen LogP contribution in [0.25, 0.3) is 0 Å². The summed E-state index contributed by atoms with van der Waals surface area (Å²) in [5.74, 6) is -2.07. The summed E-state index contributed by atoms with van der Waals surface area (Å²) in [6.45, 7) is 0.952. The highest BCUT2D eigenvalue weighted by atomic mass is 19.4. The third kappa shape index (κ3) is 4.09. The number of ketones is 1. The molecule has 0 radical (unpaired) electrons. The van der Waals surface area contributed by atoms with Gasteiger partial charge in [0.2, 0.25) is 0 Å². The zero-order valence-corrected chi connectivity index (χ0v) is 14.1. The van der Waals surface area contributed by atoms with Gasteiger partial charge in [0.1, 0.15) is 11.6 Å². The zero-order chi connectivity index (χ0) is 19.8. The SMILES string of the molecule is C[C@@H]1C[C@H](C(F)(F)F)n2nc(C(=O)OCC(=O)c3ccc(F)cc3)cc2N1. The van der Waals surface area contributed by atoms with Gasteiger partial charge in [0.15, 0.2) is 24.1 Å². The molecular formula is C17H15F4N3O3. The molecule has 1 aromatic carbocycles. The lowest BCUT2D eigenvalue weighted by Crippen LogP contribution is -2.37. The van der Waals surface area contributed by atoms with Gasteiger partial charge in [-0.3, -0.25) is 4.79 Å². The molecule has 0 spiro atoms. The van der Waals surface area contributed by atoms with Crippen molar-refractivity contribution in [2.45, 2.75) is 31.6 Å². The summed E-state index contributed by atoms with van der Waals surface area (Å²) in [6, 6.07) is 3.49. The molecule has 3 rings (SSSR count). The van der Waals surface area contributed by atoms with Gasteiger partial charge in [0.25, 0.3) is 0 Å². The molecule has 27 heavy (non-hydrogen) atoms. The third-order valence-corrected chi connectivity index (χ3v) is 4.09. The number of alkyl halides is 3. The van der Waals surface area contributed by atoms with Crippen LogP contribution in [0.5, 0.6) is 0 Å². The van der Waals surface area contributed by atoms with Crippen molar-refractivity contribution in [2.24, 2.45) is 0 Å². The molecular weight excluding hydrogens is 370 g/mol. The maximum atomic E-state index is 13.2.